The van der Waals surface area contributed by atoms with Crippen molar-refractivity contribution in [2.45, 2.75) is 20.3 Å². The molecule has 2 rings (SSSR count). The van der Waals surface area contributed by atoms with Crippen molar-refractivity contribution in [3.05, 3.63) is 29.8 Å². The van der Waals surface area contributed by atoms with Crippen LogP contribution < -0.4 is 15.5 Å². The fourth-order valence-electron chi connectivity index (χ4n) is 2.93. The van der Waals surface area contributed by atoms with Gasteiger partial charge in [-0.15, -0.1) is 0 Å². The summed E-state index contributed by atoms with van der Waals surface area (Å²) in [6, 6.07) is 7.94. The van der Waals surface area contributed by atoms with Gasteiger partial charge in [-0.1, -0.05) is 6.92 Å². The maximum Gasteiger partial charge on any atom is 0.251 e. The number of nitrogens with one attached hydrogen (secondary N) is 2. The van der Waals surface area contributed by atoms with E-state index in [-0.39, 0.29) is 5.91 Å². The van der Waals surface area contributed by atoms with Gasteiger partial charge in [0.25, 0.3) is 5.91 Å². The molecular weight excluding hydrogens is 288 g/mol. The van der Waals surface area contributed by atoms with E-state index in [0.717, 1.165) is 57.8 Å². The van der Waals surface area contributed by atoms with Gasteiger partial charge < -0.3 is 15.5 Å². The number of rotatable bonds is 8. The average molecular weight is 318 g/mol. The summed E-state index contributed by atoms with van der Waals surface area (Å²) >= 11 is 0. The maximum atomic E-state index is 12.2. The van der Waals surface area contributed by atoms with Gasteiger partial charge in [0.15, 0.2) is 0 Å². The molecule has 0 atom stereocenters. The standard InChI is InChI=1S/C18H30N4O/c1-3-12-22(4-2)17-7-5-16(6-8-17)18(23)20-11-15-21-13-9-19-10-14-21/h5-8,19H,3-4,9-15H2,1-2H3,(H,20,23). The van der Waals surface area contributed by atoms with E-state index in [9.17, 15) is 4.79 Å². The lowest BCUT2D eigenvalue weighted by Crippen LogP contribution is -2.46. The summed E-state index contributed by atoms with van der Waals surface area (Å²) in [4.78, 5) is 16.9. The molecule has 1 aromatic carbocycles. The van der Waals surface area contributed by atoms with Gasteiger partial charge >= 0.3 is 0 Å². The molecule has 1 amide bonds. The lowest BCUT2D eigenvalue weighted by Gasteiger charge is -2.27. The van der Waals surface area contributed by atoms with Crippen LogP contribution in [0.3, 0.4) is 0 Å². The maximum absolute atomic E-state index is 12.2. The van der Waals surface area contributed by atoms with Crippen LogP contribution in [0.2, 0.25) is 0 Å². The predicted octanol–water partition coefficient (Wildman–Crippen LogP) is 1.56. The van der Waals surface area contributed by atoms with Gasteiger partial charge in [0, 0.05) is 63.6 Å². The number of hydrogen-bond donors (Lipinski definition) is 2. The Hall–Kier alpha value is -1.59. The molecule has 128 valence electrons. The van der Waals surface area contributed by atoms with Crippen LogP contribution >= 0.6 is 0 Å². The third-order valence-electron chi connectivity index (χ3n) is 4.29. The third kappa shape index (κ3) is 5.52. The molecule has 0 aliphatic carbocycles. The molecule has 1 aromatic rings. The number of amides is 1. The van der Waals surface area contributed by atoms with E-state index in [2.05, 4.69) is 34.3 Å². The summed E-state index contributed by atoms with van der Waals surface area (Å²) in [7, 11) is 0. The van der Waals surface area contributed by atoms with Crippen molar-refractivity contribution in [3.63, 3.8) is 0 Å². The van der Waals surface area contributed by atoms with E-state index in [0.29, 0.717) is 6.54 Å². The van der Waals surface area contributed by atoms with Gasteiger partial charge in [-0.25, -0.2) is 0 Å². The Bertz CT molecular complexity index is 468. The van der Waals surface area contributed by atoms with Crippen LogP contribution in [0.5, 0.6) is 0 Å². The zero-order chi connectivity index (χ0) is 16.5. The van der Waals surface area contributed by atoms with Crippen LogP contribution in [0.25, 0.3) is 0 Å². The molecule has 0 spiro atoms. The second-order valence-electron chi connectivity index (χ2n) is 5.97. The van der Waals surface area contributed by atoms with Crippen LogP contribution in [0.1, 0.15) is 30.6 Å². The van der Waals surface area contributed by atoms with Gasteiger partial charge in [0.05, 0.1) is 0 Å². The molecule has 0 radical (unpaired) electrons. The highest BCUT2D eigenvalue weighted by Crippen LogP contribution is 2.15. The molecule has 0 saturated carbocycles. The lowest BCUT2D eigenvalue weighted by molar-refractivity contribution is 0.0947. The van der Waals surface area contributed by atoms with Crippen molar-refractivity contribution in [3.8, 4) is 0 Å². The monoisotopic (exact) mass is 318 g/mol. The van der Waals surface area contributed by atoms with E-state index in [1.165, 1.54) is 5.69 Å². The lowest BCUT2D eigenvalue weighted by atomic mass is 10.1. The first-order valence-corrected chi connectivity index (χ1v) is 8.81. The third-order valence-corrected chi connectivity index (χ3v) is 4.29. The van der Waals surface area contributed by atoms with Crippen LogP contribution in [-0.2, 0) is 0 Å². The van der Waals surface area contributed by atoms with Crippen molar-refractivity contribution in [1.29, 1.82) is 0 Å². The Kier molecular flexibility index (Phi) is 7.36. The van der Waals surface area contributed by atoms with Crippen LogP contribution in [0, 0.1) is 0 Å². The Morgan fingerprint density at radius 1 is 1.22 bits per heavy atom. The predicted molar refractivity (Wildman–Crippen MR) is 96.3 cm³/mol. The Morgan fingerprint density at radius 3 is 2.52 bits per heavy atom. The number of carbonyl (C=O) groups excluding carboxylic acids is 1. The Morgan fingerprint density at radius 2 is 1.91 bits per heavy atom. The first-order valence-electron chi connectivity index (χ1n) is 8.81. The second kappa shape index (κ2) is 9.53. The molecule has 1 aliphatic heterocycles. The highest BCUT2D eigenvalue weighted by atomic mass is 16.1. The normalized spacial score (nSPS) is 15.4. The van der Waals surface area contributed by atoms with Crippen molar-refractivity contribution < 1.29 is 4.79 Å². The molecule has 5 nitrogen and oxygen atoms in total. The number of carbonyl (C=O) groups is 1. The first-order chi connectivity index (χ1) is 11.2. The van der Waals surface area contributed by atoms with Gasteiger partial charge in [0.1, 0.15) is 0 Å². The highest BCUT2D eigenvalue weighted by molar-refractivity contribution is 5.94. The number of benzene rings is 1. The number of nitrogens with zero attached hydrogens (tertiary/aromatic N) is 2. The molecule has 0 bridgehead atoms. The number of piperazine rings is 1. The molecule has 2 N–H and O–H groups in total. The smallest absolute Gasteiger partial charge is 0.251 e. The van der Waals surface area contributed by atoms with Crippen LogP contribution in [0.4, 0.5) is 5.69 Å². The topological polar surface area (TPSA) is 47.6 Å². The molecule has 0 unspecified atom stereocenters. The minimum absolute atomic E-state index is 0.0187. The van der Waals surface area contributed by atoms with Gasteiger partial charge in [-0.2, -0.15) is 0 Å². The summed E-state index contributed by atoms with van der Waals surface area (Å²) in [5.41, 5.74) is 1.92. The quantitative estimate of drug-likeness (QED) is 0.764. The average Bonchev–Trinajstić information content (AvgIpc) is 2.60. The van der Waals surface area contributed by atoms with Gasteiger partial charge in [-0.3, -0.25) is 9.69 Å². The van der Waals surface area contributed by atoms with E-state index in [1.807, 2.05) is 24.3 Å². The fraction of sp³-hybridized carbons (Fsp3) is 0.611. The minimum Gasteiger partial charge on any atom is -0.372 e. The van der Waals surface area contributed by atoms with E-state index >= 15 is 0 Å². The summed E-state index contributed by atoms with van der Waals surface area (Å²) < 4.78 is 0. The van der Waals surface area contributed by atoms with Crippen molar-refractivity contribution in [1.82, 2.24) is 15.5 Å². The molecule has 5 heteroatoms. The summed E-state index contributed by atoms with van der Waals surface area (Å²) in [5, 5.41) is 6.35. The largest absolute Gasteiger partial charge is 0.372 e. The summed E-state index contributed by atoms with van der Waals surface area (Å²) in [5.74, 6) is 0.0187. The summed E-state index contributed by atoms with van der Waals surface area (Å²) in [6.45, 7) is 12.2. The Labute approximate surface area is 140 Å². The Balaban J connectivity index is 1.80. The van der Waals surface area contributed by atoms with Gasteiger partial charge in [0.2, 0.25) is 0 Å². The summed E-state index contributed by atoms with van der Waals surface area (Å²) in [6.07, 6.45) is 1.13. The SMILES string of the molecule is CCCN(CC)c1ccc(C(=O)NCCN2CCNCC2)cc1. The molecule has 1 aliphatic rings. The highest BCUT2D eigenvalue weighted by Gasteiger charge is 2.11. The molecule has 0 aromatic heterocycles. The van der Waals surface area contributed by atoms with Crippen molar-refractivity contribution in [2.24, 2.45) is 0 Å². The van der Waals surface area contributed by atoms with Gasteiger partial charge in [-0.05, 0) is 37.6 Å². The van der Waals surface area contributed by atoms with Crippen LogP contribution in [0.15, 0.2) is 24.3 Å². The zero-order valence-electron chi connectivity index (χ0n) is 14.5. The molecule has 1 heterocycles. The van der Waals surface area contributed by atoms with E-state index in [1.54, 1.807) is 0 Å². The number of hydrogen-bond acceptors (Lipinski definition) is 4. The molecule has 1 saturated heterocycles. The first kappa shape index (κ1) is 17.8. The van der Waals surface area contributed by atoms with E-state index in [4.69, 9.17) is 0 Å². The fourth-order valence-corrected chi connectivity index (χ4v) is 2.93. The van der Waals surface area contributed by atoms with E-state index < -0.39 is 0 Å². The van der Waals surface area contributed by atoms with Crippen LogP contribution in [-0.4, -0.2) is 63.2 Å². The molecule has 23 heavy (non-hydrogen) atoms. The molecule has 1 fully saturated rings. The van der Waals surface area contributed by atoms with Crippen molar-refractivity contribution in [2.75, 3.05) is 57.3 Å². The van der Waals surface area contributed by atoms with Crippen molar-refractivity contribution >= 4 is 11.6 Å². The zero-order valence-corrected chi connectivity index (χ0v) is 14.5. The number of anilines is 1. The minimum atomic E-state index is 0.0187. The second-order valence-corrected chi connectivity index (χ2v) is 5.97. The molecular formula is C18H30N4O.